The van der Waals surface area contributed by atoms with Gasteiger partial charge in [-0.05, 0) is 24.3 Å². The van der Waals surface area contributed by atoms with Crippen molar-refractivity contribution in [3.05, 3.63) is 77.8 Å². The van der Waals surface area contributed by atoms with Crippen LogP contribution >= 0.6 is 0 Å². The second kappa shape index (κ2) is 6.36. The van der Waals surface area contributed by atoms with Crippen LogP contribution in [0, 0.1) is 11.6 Å². The van der Waals surface area contributed by atoms with Gasteiger partial charge in [-0.15, -0.1) is 0 Å². The number of nitrogen functional groups attached to an aromatic ring is 1. The highest BCUT2D eigenvalue weighted by atomic mass is 19.2. The topological polar surface area (TPSA) is 69.6 Å². The van der Waals surface area contributed by atoms with Gasteiger partial charge in [0.05, 0.1) is 34.8 Å². The van der Waals surface area contributed by atoms with Crippen molar-refractivity contribution in [2.45, 2.75) is 0 Å². The van der Waals surface area contributed by atoms with Crippen LogP contribution in [-0.2, 0) is 0 Å². The summed E-state index contributed by atoms with van der Waals surface area (Å²) in [4.78, 5) is 8.36. The van der Waals surface area contributed by atoms with Crippen molar-refractivity contribution in [1.29, 1.82) is 0 Å². The fourth-order valence-corrected chi connectivity index (χ4v) is 2.55. The molecule has 4 aromatic rings. The van der Waals surface area contributed by atoms with E-state index in [4.69, 9.17) is 5.73 Å². The number of hydrogen-bond acceptors (Lipinski definition) is 4. The summed E-state index contributed by atoms with van der Waals surface area (Å²) in [5, 5.41) is 4.28. The molecule has 0 unspecified atom stereocenters. The molecule has 0 aliphatic heterocycles. The van der Waals surface area contributed by atoms with E-state index in [2.05, 4.69) is 15.1 Å². The normalized spacial score (nSPS) is 11.5. The number of para-hydroxylation sites is 1. The highest BCUT2D eigenvalue weighted by Gasteiger charge is 2.08. The van der Waals surface area contributed by atoms with Crippen molar-refractivity contribution in [3.8, 4) is 5.69 Å². The number of nitrogens with two attached hydrogens (primary N) is 1. The zero-order valence-corrected chi connectivity index (χ0v) is 13.5. The van der Waals surface area contributed by atoms with Gasteiger partial charge < -0.3 is 5.73 Å². The summed E-state index contributed by atoms with van der Waals surface area (Å²) in [6.45, 7) is 0. The van der Waals surface area contributed by atoms with Crippen molar-refractivity contribution >= 4 is 29.0 Å². The Morgan fingerprint density at radius 2 is 1.65 bits per heavy atom. The third-order valence-electron chi connectivity index (χ3n) is 3.87. The van der Waals surface area contributed by atoms with E-state index in [9.17, 15) is 8.78 Å². The van der Waals surface area contributed by atoms with Crippen LogP contribution in [0.4, 0.5) is 14.6 Å². The van der Waals surface area contributed by atoms with Crippen molar-refractivity contribution in [1.82, 2.24) is 19.7 Å². The summed E-state index contributed by atoms with van der Waals surface area (Å²) in [5.41, 5.74) is 8.77. The van der Waals surface area contributed by atoms with Crippen LogP contribution in [0.3, 0.4) is 0 Å². The van der Waals surface area contributed by atoms with Gasteiger partial charge in [0.2, 0.25) is 0 Å². The van der Waals surface area contributed by atoms with E-state index in [-0.39, 0.29) is 11.0 Å². The van der Waals surface area contributed by atoms with Crippen molar-refractivity contribution in [2.75, 3.05) is 5.73 Å². The second-order valence-electron chi connectivity index (χ2n) is 5.62. The van der Waals surface area contributed by atoms with Crippen molar-refractivity contribution in [3.63, 3.8) is 0 Å². The lowest BCUT2D eigenvalue weighted by molar-refractivity contribution is 0.510. The number of nitrogens with zero attached hydrogens (tertiary/aromatic N) is 4. The quantitative estimate of drug-likeness (QED) is 0.610. The molecule has 0 spiro atoms. The number of aromatic nitrogens is 4. The van der Waals surface area contributed by atoms with E-state index >= 15 is 0 Å². The van der Waals surface area contributed by atoms with Gasteiger partial charge in [-0.1, -0.05) is 18.2 Å². The minimum atomic E-state index is -0.957. The number of fused-ring (bicyclic) bond motifs is 1. The zero-order valence-electron chi connectivity index (χ0n) is 13.5. The van der Waals surface area contributed by atoms with Gasteiger partial charge in [0.25, 0.3) is 0 Å². The smallest absolute Gasteiger partial charge is 0.161 e. The first-order chi connectivity index (χ1) is 12.6. The molecule has 128 valence electrons. The Balaban J connectivity index is 1.65. The molecule has 7 heteroatoms. The molecule has 0 aliphatic rings. The van der Waals surface area contributed by atoms with Crippen molar-refractivity contribution < 1.29 is 8.78 Å². The molecular formula is C19H13F2N5. The maximum atomic E-state index is 13.4. The molecule has 0 saturated carbocycles. The monoisotopic (exact) mass is 349 g/mol. The third-order valence-corrected chi connectivity index (χ3v) is 3.87. The highest BCUT2D eigenvalue weighted by molar-refractivity contribution is 5.78. The first kappa shape index (κ1) is 15.9. The Labute approximate surface area is 147 Å². The molecule has 0 atom stereocenters. The molecule has 2 N–H and O–H groups in total. The number of halogens is 2. The molecule has 4 rings (SSSR count). The number of benzene rings is 2. The molecule has 0 fully saturated rings. The fraction of sp³-hybridized carbons (Fsp3) is 0. The third kappa shape index (κ3) is 2.90. The molecule has 0 amide bonds. The molecule has 2 aromatic heterocycles. The van der Waals surface area contributed by atoms with Crippen LogP contribution < -0.4 is 5.73 Å². The maximum Gasteiger partial charge on any atom is 0.161 e. The first-order valence-electron chi connectivity index (χ1n) is 7.80. The van der Waals surface area contributed by atoms with E-state index in [1.807, 2.05) is 30.3 Å². The van der Waals surface area contributed by atoms with Crippen LogP contribution in [0.5, 0.6) is 0 Å². The second-order valence-corrected chi connectivity index (χ2v) is 5.62. The fourth-order valence-electron chi connectivity index (χ4n) is 2.55. The SMILES string of the molecule is Nc1c(C=Cc2cnc3cc(F)c(F)cc3n2)cnn1-c1ccccc1. The van der Waals surface area contributed by atoms with Crippen LogP contribution in [0.15, 0.2) is 54.9 Å². The van der Waals surface area contributed by atoms with Crippen LogP contribution in [0.2, 0.25) is 0 Å². The minimum Gasteiger partial charge on any atom is -0.383 e. The predicted molar refractivity (Wildman–Crippen MR) is 96.4 cm³/mol. The average Bonchev–Trinajstić information content (AvgIpc) is 3.02. The van der Waals surface area contributed by atoms with E-state index < -0.39 is 11.6 Å². The zero-order chi connectivity index (χ0) is 18.1. The standard InChI is InChI=1S/C19H13F2N5/c20-15-8-17-18(9-16(15)21)25-13(11-23-17)7-6-12-10-24-26(19(12)22)14-4-2-1-3-5-14/h1-11H,22H2. The largest absolute Gasteiger partial charge is 0.383 e. The van der Waals surface area contributed by atoms with E-state index in [1.165, 1.54) is 6.20 Å². The Morgan fingerprint density at radius 1 is 0.923 bits per heavy atom. The van der Waals surface area contributed by atoms with Crippen LogP contribution in [-0.4, -0.2) is 19.7 Å². The first-order valence-corrected chi connectivity index (χ1v) is 7.80. The number of anilines is 1. The minimum absolute atomic E-state index is 0.277. The molecule has 26 heavy (non-hydrogen) atoms. The molecule has 5 nitrogen and oxygen atoms in total. The predicted octanol–water partition coefficient (Wildman–Crippen LogP) is 3.85. The van der Waals surface area contributed by atoms with Crippen LogP contribution in [0.1, 0.15) is 11.3 Å². The summed E-state index contributed by atoms with van der Waals surface area (Å²) < 4.78 is 28.2. The van der Waals surface area contributed by atoms with Gasteiger partial charge in [-0.2, -0.15) is 5.10 Å². The van der Waals surface area contributed by atoms with Crippen LogP contribution in [0.25, 0.3) is 28.9 Å². The Morgan fingerprint density at radius 3 is 2.42 bits per heavy atom. The average molecular weight is 349 g/mol. The molecule has 0 saturated heterocycles. The lowest BCUT2D eigenvalue weighted by Gasteiger charge is -2.03. The van der Waals surface area contributed by atoms with E-state index in [1.54, 1.807) is 23.0 Å². The number of hydrogen-bond donors (Lipinski definition) is 1. The van der Waals surface area contributed by atoms with Crippen molar-refractivity contribution in [2.24, 2.45) is 0 Å². The lowest BCUT2D eigenvalue weighted by atomic mass is 10.2. The van der Waals surface area contributed by atoms with Gasteiger partial charge in [0, 0.05) is 17.7 Å². The number of rotatable bonds is 3. The molecular weight excluding hydrogens is 336 g/mol. The molecule has 0 bridgehead atoms. The summed E-state index contributed by atoms with van der Waals surface area (Å²) in [5.74, 6) is -1.42. The molecule has 2 aromatic carbocycles. The van der Waals surface area contributed by atoms with E-state index in [0.717, 1.165) is 17.8 Å². The highest BCUT2D eigenvalue weighted by Crippen LogP contribution is 2.20. The van der Waals surface area contributed by atoms with Gasteiger partial charge in [-0.3, -0.25) is 4.98 Å². The Kier molecular flexibility index (Phi) is 3.89. The summed E-state index contributed by atoms with van der Waals surface area (Å²) in [6, 6.07) is 11.6. The lowest BCUT2D eigenvalue weighted by Crippen LogP contribution is -2.01. The molecule has 2 heterocycles. The van der Waals surface area contributed by atoms with E-state index in [0.29, 0.717) is 17.1 Å². The van der Waals surface area contributed by atoms with Gasteiger partial charge in [0.15, 0.2) is 11.6 Å². The van der Waals surface area contributed by atoms with Gasteiger partial charge in [0.1, 0.15) is 5.82 Å². The Bertz CT molecular complexity index is 1120. The van der Waals surface area contributed by atoms with Gasteiger partial charge >= 0.3 is 0 Å². The molecule has 0 radical (unpaired) electrons. The summed E-state index contributed by atoms with van der Waals surface area (Å²) in [6.07, 6.45) is 6.56. The molecule has 0 aliphatic carbocycles. The maximum absolute atomic E-state index is 13.4. The summed E-state index contributed by atoms with van der Waals surface area (Å²) in [7, 11) is 0. The van der Waals surface area contributed by atoms with Gasteiger partial charge in [-0.25, -0.2) is 18.4 Å². The Hall–Kier alpha value is -3.61. The summed E-state index contributed by atoms with van der Waals surface area (Å²) >= 11 is 0.